The molecule has 0 saturated heterocycles. The van der Waals surface area contributed by atoms with Crippen LogP contribution in [-0.4, -0.2) is 29.2 Å². The first kappa shape index (κ1) is 17.5. The lowest BCUT2D eigenvalue weighted by Crippen LogP contribution is -2.44. The van der Waals surface area contributed by atoms with Crippen LogP contribution < -0.4 is 15.6 Å². The first-order chi connectivity index (χ1) is 12.4. The molecule has 0 spiro atoms. The van der Waals surface area contributed by atoms with Gasteiger partial charge in [0.15, 0.2) is 0 Å². The minimum Gasteiger partial charge on any atom is -0.496 e. The number of aromatic nitrogens is 1. The largest absolute Gasteiger partial charge is 0.496 e. The molecule has 7 heteroatoms. The number of carbonyl (C=O) groups is 1. The molecule has 26 heavy (non-hydrogen) atoms. The highest BCUT2D eigenvalue weighted by Crippen LogP contribution is 2.45. The van der Waals surface area contributed by atoms with Crippen LogP contribution in [0.1, 0.15) is 35.1 Å². The Hall–Kier alpha value is -3.27. The van der Waals surface area contributed by atoms with Crippen molar-refractivity contribution in [1.82, 2.24) is 4.98 Å². The summed E-state index contributed by atoms with van der Waals surface area (Å²) in [5, 5.41) is 22.1. The van der Waals surface area contributed by atoms with E-state index in [-0.39, 0.29) is 5.56 Å². The SMILES string of the molecule is COc1cc(C#N)ccc1C1c2c(c(C)c[nH]c2=O)NC(C)C1C(=O)O. The first-order valence-corrected chi connectivity index (χ1v) is 8.18. The maximum Gasteiger partial charge on any atom is 0.309 e. The predicted molar refractivity (Wildman–Crippen MR) is 95.6 cm³/mol. The molecule has 2 aromatic rings. The summed E-state index contributed by atoms with van der Waals surface area (Å²) < 4.78 is 5.41. The van der Waals surface area contributed by atoms with Crippen molar-refractivity contribution in [3.63, 3.8) is 0 Å². The molecule has 3 atom stereocenters. The number of aryl methyl sites for hydroxylation is 1. The number of nitriles is 1. The van der Waals surface area contributed by atoms with Crippen LogP contribution in [0.4, 0.5) is 5.69 Å². The number of hydrogen-bond acceptors (Lipinski definition) is 5. The average molecular weight is 353 g/mol. The van der Waals surface area contributed by atoms with Crippen LogP contribution in [0.5, 0.6) is 5.75 Å². The van der Waals surface area contributed by atoms with Crippen molar-refractivity contribution >= 4 is 11.7 Å². The second-order valence-electron chi connectivity index (χ2n) is 6.43. The lowest BCUT2D eigenvalue weighted by Gasteiger charge is -2.37. The van der Waals surface area contributed by atoms with Gasteiger partial charge >= 0.3 is 5.97 Å². The molecule has 3 unspecified atom stereocenters. The molecule has 134 valence electrons. The van der Waals surface area contributed by atoms with Gasteiger partial charge in [0, 0.05) is 35.0 Å². The standard InChI is InChI=1S/C19H19N3O4/c1-9-8-21-18(23)16-15(14(19(24)25)10(2)22-17(9)16)12-5-4-11(7-20)6-13(12)26-3/h4-6,8,10,14-15,22H,1-3H3,(H,21,23)(H,24,25). The molecule has 1 aromatic carbocycles. The molecule has 3 N–H and O–H groups in total. The van der Waals surface area contributed by atoms with E-state index in [0.717, 1.165) is 5.56 Å². The van der Waals surface area contributed by atoms with Crippen LogP contribution >= 0.6 is 0 Å². The Morgan fingerprint density at radius 1 is 1.38 bits per heavy atom. The zero-order valence-electron chi connectivity index (χ0n) is 14.7. The molecule has 1 aromatic heterocycles. The van der Waals surface area contributed by atoms with Crippen LogP contribution in [0, 0.1) is 24.2 Å². The third kappa shape index (κ3) is 2.69. The van der Waals surface area contributed by atoms with Crippen molar-refractivity contribution in [2.24, 2.45) is 5.92 Å². The van der Waals surface area contributed by atoms with Gasteiger partial charge in [0.25, 0.3) is 5.56 Å². The topological polar surface area (TPSA) is 115 Å². The van der Waals surface area contributed by atoms with Gasteiger partial charge in [0.05, 0.1) is 24.7 Å². The molecule has 0 amide bonds. The number of aromatic amines is 1. The van der Waals surface area contributed by atoms with Crippen LogP contribution in [0.25, 0.3) is 0 Å². The molecule has 2 heterocycles. The summed E-state index contributed by atoms with van der Waals surface area (Å²) in [4.78, 5) is 27.3. The van der Waals surface area contributed by atoms with E-state index < -0.39 is 23.8 Å². The zero-order chi connectivity index (χ0) is 19.0. The minimum absolute atomic E-state index is 0.340. The molecular formula is C19H19N3O4. The molecule has 0 aliphatic carbocycles. The third-order valence-electron chi connectivity index (χ3n) is 4.89. The number of aliphatic carboxylic acids is 1. The first-order valence-electron chi connectivity index (χ1n) is 8.18. The molecular weight excluding hydrogens is 334 g/mol. The number of hydrogen-bond donors (Lipinski definition) is 3. The lowest BCUT2D eigenvalue weighted by atomic mass is 9.73. The molecule has 0 radical (unpaired) electrons. The fourth-order valence-electron chi connectivity index (χ4n) is 3.67. The Balaban J connectivity index is 2.34. The Kier molecular flexibility index (Phi) is 4.43. The number of pyridine rings is 1. The Morgan fingerprint density at radius 2 is 2.12 bits per heavy atom. The average Bonchev–Trinajstić information content (AvgIpc) is 2.63. The van der Waals surface area contributed by atoms with E-state index >= 15 is 0 Å². The summed E-state index contributed by atoms with van der Waals surface area (Å²) in [6.07, 6.45) is 1.61. The number of nitrogens with zero attached hydrogens (tertiary/aromatic N) is 1. The Morgan fingerprint density at radius 3 is 2.73 bits per heavy atom. The lowest BCUT2D eigenvalue weighted by molar-refractivity contribution is -0.142. The Labute approximate surface area is 150 Å². The van der Waals surface area contributed by atoms with Gasteiger partial charge in [-0.15, -0.1) is 0 Å². The molecule has 0 bridgehead atoms. The van der Waals surface area contributed by atoms with Gasteiger partial charge < -0.3 is 20.1 Å². The number of ether oxygens (including phenoxy) is 1. The highest BCUT2D eigenvalue weighted by atomic mass is 16.5. The van der Waals surface area contributed by atoms with E-state index in [2.05, 4.69) is 10.3 Å². The maximum atomic E-state index is 12.6. The van der Waals surface area contributed by atoms with E-state index in [1.807, 2.05) is 13.0 Å². The van der Waals surface area contributed by atoms with Gasteiger partial charge in [-0.1, -0.05) is 6.07 Å². The van der Waals surface area contributed by atoms with Crippen LogP contribution in [0.3, 0.4) is 0 Å². The normalized spacial score (nSPS) is 21.2. The van der Waals surface area contributed by atoms with E-state index in [9.17, 15) is 14.7 Å². The number of anilines is 1. The summed E-state index contributed by atoms with van der Waals surface area (Å²) in [6, 6.07) is 6.47. The van der Waals surface area contributed by atoms with Gasteiger partial charge in [0.2, 0.25) is 0 Å². The summed E-state index contributed by atoms with van der Waals surface area (Å²) in [6.45, 7) is 3.63. The number of benzene rings is 1. The number of carboxylic acid groups (broad SMARTS) is 1. The van der Waals surface area contributed by atoms with E-state index in [1.54, 1.807) is 31.3 Å². The third-order valence-corrected chi connectivity index (χ3v) is 4.89. The molecule has 7 nitrogen and oxygen atoms in total. The van der Waals surface area contributed by atoms with Gasteiger partial charge in [0.1, 0.15) is 5.75 Å². The molecule has 0 saturated carbocycles. The highest BCUT2D eigenvalue weighted by molar-refractivity contribution is 5.78. The van der Waals surface area contributed by atoms with Gasteiger partial charge in [-0.25, -0.2) is 0 Å². The van der Waals surface area contributed by atoms with Crippen molar-refractivity contribution in [2.75, 3.05) is 12.4 Å². The van der Waals surface area contributed by atoms with Crippen molar-refractivity contribution in [3.05, 3.63) is 57.0 Å². The number of carboxylic acids is 1. The highest BCUT2D eigenvalue weighted by Gasteiger charge is 2.43. The number of H-pyrrole nitrogens is 1. The maximum absolute atomic E-state index is 12.6. The summed E-state index contributed by atoms with van der Waals surface area (Å²) in [7, 11) is 1.46. The van der Waals surface area contributed by atoms with Gasteiger partial charge in [-0.2, -0.15) is 5.26 Å². The zero-order valence-corrected chi connectivity index (χ0v) is 14.7. The Bertz CT molecular complexity index is 974. The van der Waals surface area contributed by atoms with Crippen molar-refractivity contribution in [2.45, 2.75) is 25.8 Å². The predicted octanol–water partition coefficient (Wildman–Crippen LogP) is 2.21. The molecule has 1 aliphatic rings. The van der Waals surface area contributed by atoms with Crippen molar-refractivity contribution in [1.29, 1.82) is 5.26 Å². The monoisotopic (exact) mass is 353 g/mol. The van der Waals surface area contributed by atoms with Crippen molar-refractivity contribution < 1.29 is 14.6 Å². The number of rotatable bonds is 3. The fraction of sp³-hybridized carbons (Fsp3) is 0.316. The van der Waals surface area contributed by atoms with Crippen LogP contribution in [0.15, 0.2) is 29.2 Å². The van der Waals surface area contributed by atoms with E-state index in [0.29, 0.717) is 28.1 Å². The molecule has 0 fully saturated rings. The number of nitrogens with one attached hydrogen (secondary N) is 2. The molecule has 3 rings (SSSR count). The second-order valence-corrected chi connectivity index (χ2v) is 6.43. The van der Waals surface area contributed by atoms with Crippen molar-refractivity contribution in [3.8, 4) is 11.8 Å². The van der Waals surface area contributed by atoms with Crippen LogP contribution in [-0.2, 0) is 4.79 Å². The number of fused-ring (bicyclic) bond motifs is 1. The summed E-state index contributed by atoms with van der Waals surface area (Å²) >= 11 is 0. The summed E-state index contributed by atoms with van der Waals surface area (Å²) in [5.74, 6) is -2.19. The molecule has 1 aliphatic heterocycles. The summed E-state index contributed by atoms with van der Waals surface area (Å²) in [5.41, 5.74) is 2.48. The van der Waals surface area contributed by atoms with Crippen LogP contribution in [0.2, 0.25) is 0 Å². The van der Waals surface area contributed by atoms with E-state index in [4.69, 9.17) is 10.00 Å². The minimum atomic E-state index is -1.01. The smallest absolute Gasteiger partial charge is 0.309 e. The van der Waals surface area contributed by atoms with Gasteiger partial charge in [-0.05, 0) is 31.5 Å². The van der Waals surface area contributed by atoms with E-state index in [1.165, 1.54) is 7.11 Å². The second kappa shape index (κ2) is 6.56. The quantitative estimate of drug-likeness (QED) is 0.779. The fourth-order valence-corrected chi connectivity index (χ4v) is 3.67. The number of methoxy groups -OCH3 is 1. The van der Waals surface area contributed by atoms with Gasteiger partial charge in [-0.3, -0.25) is 9.59 Å².